The quantitative estimate of drug-likeness (QED) is 0.415. The van der Waals surface area contributed by atoms with Gasteiger partial charge in [-0.05, 0) is 12.8 Å². The Morgan fingerprint density at radius 1 is 1.29 bits per heavy atom. The molecule has 28 heavy (non-hydrogen) atoms. The summed E-state index contributed by atoms with van der Waals surface area (Å²) in [6, 6.07) is 0.143. The smallest absolute Gasteiger partial charge is 0.207 e. The van der Waals surface area contributed by atoms with E-state index in [4.69, 9.17) is 9.47 Å². The van der Waals surface area contributed by atoms with Crippen LogP contribution in [0.15, 0.2) is 6.33 Å². The monoisotopic (exact) mass is 394 g/mol. The third kappa shape index (κ3) is 3.40. The molecule has 2 aromatic heterocycles. The van der Waals surface area contributed by atoms with E-state index in [1.54, 1.807) is 4.57 Å². The van der Waals surface area contributed by atoms with Gasteiger partial charge in [0.05, 0.1) is 19.3 Å². The van der Waals surface area contributed by atoms with E-state index in [0.717, 1.165) is 12.8 Å². The fourth-order valence-electron chi connectivity index (χ4n) is 3.55. The lowest BCUT2D eigenvalue weighted by Gasteiger charge is -2.19. The second kappa shape index (κ2) is 8.13. The largest absolute Gasteiger partial charge is 0.394 e. The second-order valence-electron chi connectivity index (χ2n) is 7.06. The van der Waals surface area contributed by atoms with Crippen molar-refractivity contribution in [2.24, 2.45) is 0 Å². The lowest BCUT2D eigenvalue weighted by atomic mass is 10.1. The molecule has 0 saturated carbocycles. The highest BCUT2D eigenvalue weighted by Gasteiger charge is 2.45. The van der Waals surface area contributed by atoms with Crippen molar-refractivity contribution < 1.29 is 24.8 Å². The Morgan fingerprint density at radius 2 is 2.14 bits per heavy atom. The minimum Gasteiger partial charge on any atom is -0.394 e. The van der Waals surface area contributed by atoms with Crippen LogP contribution in [0.2, 0.25) is 0 Å². The highest BCUT2D eigenvalue weighted by molar-refractivity contribution is 5.85. The van der Waals surface area contributed by atoms with Crippen LogP contribution in [0.25, 0.3) is 11.2 Å². The summed E-state index contributed by atoms with van der Waals surface area (Å²) in [6.45, 7) is 3.58. The van der Waals surface area contributed by atoms with Crippen molar-refractivity contribution in [2.75, 3.05) is 37.0 Å². The number of nitrogens with zero attached hydrogens (tertiary/aromatic N) is 4. The van der Waals surface area contributed by atoms with E-state index in [2.05, 4.69) is 25.6 Å². The summed E-state index contributed by atoms with van der Waals surface area (Å²) in [5.74, 6) is 1.03. The Bertz CT molecular complexity index is 811. The molecule has 0 aromatic carbocycles. The maximum Gasteiger partial charge on any atom is 0.207 e. The first-order valence-corrected chi connectivity index (χ1v) is 9.57. The molecule has 0 spiro atoms. The van der Waals surface area contributed by atoms with Crippen molar-refractivity contribution in [3.63, 3.8) is 0 Å². The van der Waals surface area contributed by atoms with E-state index < -0.39 is 31.1 Å². The summed E-state index contributed by atoms with van der Waals surface area (Å²) in [6.07, 6.45) is -1.09. The Labute approximate surface area is 161 Å². The molecule has 0 amide bonds. The maximum absolute atomic E-state index is 10.5. The Hall–Kier alpha value is -2.05. The predicted octanol–water partition coefficient (Wildman–Crippen LogP) is -0.539. The Balaban J connectivity index is 1.75. The van der Waals surface area contributed by atoms with E-state index in [1.165, 1.54) is 6.33 Å². The van der Waals surface area contributed by atoms with Crippen LogP contribution in [0.4, 0.5) is 11.8 Å². The number of nitrogens with one attached hydrogen (secondary N) is 2. The molecule has 154 valence electrons. The molecule has 0 bridgehead atoms. The zero-order valence-electron chi connectivity index (χ0n) is 15.7. The second-order valence-corrected chi connectivity index (χ2v) is 7.06. The van der Waals surface area contributed by atoms with Gasteiger partial charge in [-0.2, -0.15) is 0 Å². The summed E-state index contributed by atoms with van der Waals surface area (Å²) >= 11 is 0. The van der Waals surface area contributed by atoms with Gasteiger partial charge in [-0.15, -0.1) is 0 Å². The van der Waals surface area contributed by atoms with E-state index in [-0.39, 0.29) is 6.04 Å². The van der Waals surface area contributed by atoms with Crippen molar-refractivity contribution in [1.29, 1.82) is 0 Å². The Morgan fingerprint density at radius 3 is 2.82 bits per heavy atom. The number of rotatable bonds is 7. The lowest BCUT2D eigenvalue weighted by molar-refractivity contribution is -0.0501. The molecule has 2 fully saturated rings. The van der Waals surface area contributed by atoms with E-state index in [9.17, 15) is 15.3 Å². The number of aromatic nitrogens is 4. The fraction of sp³-hybridized carbons (Fsp3) is 0.706. The van der Waals surface area contributed by atoms with Crippen molar-refractivity contribution >= 4 is 22.9 Å². The molecular formula is C17H26N6O5. The van der Waals surface area contributed by atoms with Crippen LogP contribution in [0.1, 0.15) is 26.0 Å². The normalized spacial score (nSPS) is 30.2. The molecule has 2 saturated heterocycles. The number of ether oxygens (including phenoxy) is 2. The minimum absolute atomic E-state index is 0.143. The van der Waals surface area contributed by atoms with Crippen LogP contribution >= 0.6 is 0 Å². The average Bonchev–Trinajstić information content (AvgIpc) is 3.40. The van der Waals surface area contributed by atoms with Crippen molar-refractivity contribution in [1.82, 2.24) is 19.5 Å². The first-order chi connectivity index (χ1) is 13.6. The number of aliphatic hydroxyl groups is 3. The van der Waals surface area contributed by atoms with Gasteiger partial charge >= 0.3 is 0 Å². The van der Waals surface area contributed by atoms with E-state index >= 15 is 0 Å². The molecule has 11 heteroatoms. The average molecular weight is 394 g/mol. The van der Waals surface area contributed by atoms with Gasteiger partial charge in [0.15, 0.2) is 23.2 Å². The van der Waals surface area contributed by atoms with Crippen LogP contribution in [-0.4, -0.2) is 85.6 Å². The molecule has 11 nitrogen and oxygen atoms in total. The molecule has 0 unspecified atom stereocenters. The van der Waals surface area contributed by atoms with Gasteiger partial charge in [0.1, 0.15) is 24.6 Å². The maximum atomic E-state index is 10.5. The van der Waals surface area contributed by atoms with Crippen LogP contribution < -0.4 is 10.6 Å². The van der Waals surface area contributed by atoms with Crippen LogP contribution in [0.3, 0.4) is 0 Å². The molecule has 0 radical (unpaired) electrons. The van der Waals surface area contributed by atoms with Gasteiger partial charge in [-0.3, -0.25) is 4.57 Å². The number of hydrogen-bond acceptors (Lipinski definition) is 10. The molecule has 5 atom stereocenters. The van der Waals surface area contributed by atoms with Crippen LogP contribution in [-0.2, 0) is 9.47 Å². The fourth-order valence-corrected chi connectivity index (χ4v) is 3.55. The van der Waals surface area contributed by atoms with Gasteiger partial charge in [-0.1, -0.05) is 6.92 Å². The summed E-state index contributed by atoms with van der Waals surface area (Å²) < 4.78 is 12.7. The highest BCUT2D eigenvalue weighted by Crippen LogP contribution is 2.35. The summed E-state index contributed by atoms with van der Waals surface area (Å²) in [5, 5.41) is 36.6. The van der Waals surface area contributed by atoms with Crippen molar-refractivity contribution in [3.05, 3.63) is 6.33 Å². The first kappa shape index (κ1) is 19.3. The zero-order chi connectivity index (χ0) is 19.7. The van der Waals surface area contributed by atoms with Gasteiger partial charge in [0.2, 0.25) is 5.95 Å². The standard InChI is InChI=1S/C17H26N6O5/c1-2-4-18-17-22-11-14(21-9-3-5-27-7-9)19-8-20-15(11)23(17)16-13(26)12(25)10(6-24)28-16/h8-10,12-13,16,24-26H,2-7H2,1H3,(H,18,22)(H,19,20,21)/t9-,10-,12-,13-,16-/m1/s1. The van der Waals surface area contributed by atoms with Crippen LogP contribution in [0.5, 0.6) is 0 Å². The molecule has 2 aromatic rings. The van der Waals surface area contributed by atoms with Gasteiger partial charge in [-0.25, -0.2) is 15.0 Å². The summed E-state index contributed by atoms with van der Waals surface area (Å²) in [7, 11) is 0. The molecule has 2 aliphatic heterocycles. The zero-order valence-corrected chi connectivity index (χ0v) is 15.7. The molecule has 5 N–H and O–H groups in total. The number of aliphatic hydroxyl groups excluding tert-OH is 3. The van der Waals surface area contributed by atoms with Crippen molar-refractivity contribution in [2.45, 2.75) is 50.3 Å². The van der Waals surface area contributed by atoms with E-state index in [0.29, 0.717) is 42.7 Å². The van der Waals surface area contributed by atoms with Gasteiger partial charge in [0, 0.05) is 13.2 Å². The first-order valence-electron chi connectivity index (χ1n) is 9.57. The number of anilines is 2. The number of fused-ring (bicyclic) bond motifs is 1. The third-order valence-corrected chi connectivity index (χ3v) is 5.05. The molecular weight excluding hydrogens is 368 g/mol. The van der Waals surface area contributed by atoms with Gasteiger partial charge in [0.25, 0.3) is 0 Å². The summed E-state index contributed by atoms with van der Waals surface area (Å²) in [5.41, 5.74) is 0.996. The van der Waals surface area contributed by atoms with Crippen LogP contribution in [0, 0.1) is 0 Å². The number of imidazole rings is 1. The molecule has 4 rings (SSSR count). The van der Waals surface area contributed by atoms with Crippen molar-refractivity contribution in [3.8, 4) is 0 Å². The Kier molecular flexibility index (Phi) is 5.60. The SMILES string of the molecule is CCCNc1nc2c(N[C@@H]3CCOC3)ncnc2n1[C@@H]1O[C@H](CO)[C@@H](O)[C@H]1O. The third-order valence-electron chi connectivity index (χ3n) is 5.05. The molecule has 2 aliphatic rings. The van der Waals surface area contributed by atoms with E-state index in [1.807, 2.05) is 6.92 Å². The molecule has 4 heterocycles. The lowest BCUT2D eigenvalue weighted by Crippen LogP contribution is -2.33. The molecule has 0 aliphatic carbocycles. The topological polar surface area (TPSA) is 147 Å². The number of hydrogen-bond donors (Lipinski definition) is 5. The highest BCUT2D eigenvalue weighted by atomic mass is 16.6. The summed E-state index contributed by atoms with van der Waals surface area (Å²) in [4.78, 5) is 13.3. The predicted molar refractivity (Wildman–Crippen MR) is 100.0 cm³/mol. The van der Waals surface area contributed by atoms with Gasteiger partial charge < -0.3 is 35.4 Å². The minimum atomic E-state index is -1.23.